The Kier molecular flexibility index (Phi) is 12.0. The lowest BCUT2D eigenvalue weighted by atomic mass is 10.2. The van der Waals surface area contributed by atoms with E-state index in [2.05, 4.69) is 9.37 Å². The molecule has 6 aromatic carbocycles. The number of aryl methyl sites for hydroxylation is 1. The largest absolute Gasteiger partial charge is 0.497 e. The molecule has 6 rings (SSSR count). The van der Waals surface area contributed by atoms with Crippen molar-refractivity contribution in [2.45, 2.75) is 36.3 Å². The normalized spacial score (nSPS) is 11.9. The van der Waals surface area contributed by atoms with Crippen molar-refractivity contribution in [2.75, 3.05) is 7.11 Å². The molecule has 0 fully saturated rings. The maximum absolute atomic E-state index is 13.4. The quantitative estimate of drug-likeness (QED) is 0.0430. The number of hydrogen-bond acceptors (Lipinski definition) is 14. The van der Waals surface area contributed by atoms with Crippen LogP contribution in [0.1, 0.15) is 5.56 Å². The van der Waals surface area contributed by atoms with Gasteiger partial charge in [0.15, 0.2) is 0 Å². The van der Waals surface area contributed by atoms with Crippen LogP contribution in [0, 0.1) is 6.92 Å². The lowest BCUT2D eigenvalue weighted by molar-refractivity contribution is -0.432. The first-order valence-corrected chi connectivity index (χ1v) is 21.2. The molecule has 290 valence electrons. The molecule has 0 spiro atoms. The second-order valence-corrected chi connectivity index (χ2v) is 17.7. The molecule has 18 heteroatoms. The maximum atomic E-state index is 13.4. The molecular weight excluding hydrogens is 809 g/mol. The summed E-state index contributed by atoms with van der Waals surface area (Å²) in [5, 5.41) is 12.0. The topological polar surface area (TPSA) is 198 Å². The monoisotopic (exact) mass is 838 g/mol. The molecule has 2 N–H and O–H groups in total. The van der Waals surface area contributed by atoms with Crippen molar-refractivity contribution >= 4 is 41.8 Å². The highest BCUT2D eigenvalue weighted by Gasteiger charge is 2.25. The van der Waals surface area contributed by atoms with Gasteiger partial charge >= 0.3 is 0 Å². The highest BCUT2D eigenvalue weighted by atomic mass is 32.2. The minimum Gasteiger partial charge on any atom is -0.497 e. The van der Waals surface area contributed by atoms with Gasteiger partial charge < -0.3 is 18.9 Å². The minimum atomic E-state index is -4.98. The predicted molar refractivity (Wildman–Crippen MR) is 202 cm³/mol. The fraction of sp³-hybridized carbons (Fsp3) is 0.0526. The summed E-state index contributed by atoms with van der Waals surface area (Å²) in [5.41, 5.74) is 0.602. The van der Waals surface area contributed by atoms with E-state index in [9.17, 15) is 29.8 Å². The van der Waals surface area contributed by atoms with Crippen LogP contribution >= 0.6 is 12.0 Å². The SMILES string of the molecule is COc1ccc(Oc2ccc(S(=O)(=O)c3ccc(Oc4ccc(Oc5ccc(S(=O)(=O)c6ccc(C)c(SOOO)c6)cc5S(=O)(=O)O)cc4)cc3)cc2)cc1. The number of rotatable bonds is 15. The second-order valence-electron chi connectivity index (χ2n) is 11.6. The Hall–Kier alpha value is -5.44. The first kappa shape index (κ1) is 40.2. The van der Waals surface area contributed by atoms with Gasteiger partial charge in [-0.05, 0) is 140 Å². The zero-order chi connectivity index (χ0) is 40.1. The molecule has 0 bridgehead atoms. The molecule has 0 aliphatic heterocycles. The van der Waals surface area contributed by atoms with E-state index >= 15 is 0 Å². The molecule has 0 atom stereocenters. The molecule has 0 aliphatic rings. The zero-order valence-electron chi connectivity index (χ0n) is 29.1. The van der Waals surface area contributed by atoms with Gasteiger partial charge in [-0.3, -0.25) is 4.55 Å². The molecule has 0 heterocycles. The first-order chi connectivity index (χ1) is 26.7. The van der Waals surface area contributed by atoms with Gasteiger partial charge in [0, 0.05) is 4.90 Å². The van der Waals surface area contributed by atoms with Crippen molar-refractivity contribution in [1.29, 1.82) is 0 Å². The summed E-state index contributed by atoms with van der Waals surface area (Å²) in [6, 6.07) is 31.6. The molecule has 0 aromatic heterocycles. The van der Waals surface area contributed by atoms with E-state index in [-0.39, 0.29) is 26.2 Å². The Balaban J connectivity index is 1.12. The smallest absolute Gasteiger partial charge is 0.298 e. The molecular formula is C38H30O14S4. The fourth-order valence-corrected chi connectivity index (χ4v) is 8.94. The minimum absolute atomic E-state index is 0.0382. The molecule has 56 heavy (non-hydrogen) atoms. The van der Waals surface area contributed by atoms with Crippen molar-refractivity contribution in [3.05, 3.63) is 139 Å². The Labute approximate surface area is 326 Å². The number of methoxy groups -OCH3 is 1. The van der Waals surface area contributed by atoms with Gasteiger partial charge in [-0.25, -0.2) is 22.1 Å². The molecule has 6 aromatic rings. The Bertz CT molecular complexity index is 2670. The molecule has 0 amide bonds. The first-order valence-electron chi connectivity index (χ1n) is 16.0. The molecule has 0 saturated heterocycles. The Morgan fingerprint density at radius 3 is 1.36 bits per heavy atom. The summed E-state index contributed by atoms with van der Waals surface area (Å²) >= 11 is 0.557. The van der Waals surface area contributed by atoms with Gasteiger partial charge in [-0.15, -0.1) is 4.33 Å². The van der Waals surface area contributed by atoms with Crippen molar-refractivity contribution in [3.63, 3.8) is 0 Å². The van der Waals surface area contributed by atoms with Crippen LogP contribution in [0.5, 0.6) is 40.2 Å². The van der Waals surface area contributed by atoms with Gasteiger partial charge in [0.2, 0.25) is 19.7 Å². The van der Waals surface area contributed by atoms with E-state index < -0.39 is 39.6 Å². The average molecular weight is 839 g/mol. The second kappa shape index (κ2) is 16.7. The van der Waals surface area contributed by atoms with E-state index in [4.69, 9.17) is 24.2 Å². The Morgan fingerprint density at radius 1 is 0.500 bits per heavy atom. The van der Waals surface area contributed by atoms with Crippen molar-refractivity contribution in [2.24, 2.45) is 0 Å². The third-order valence-corrected chi connectivity index (χ3v) is 13.1. The molecule has 14 nitrogen and oxygen atoms in total. The number of benzene rings is 6. The van der Waals surface area contributed by atoms with Gasteiger partial charge in [-0.1, -0.05) is 11.1 Å². The summed E-state index contributed by atoms with van der Waals surface area (Å²) in [5.74, 6) is 2.09. The molecule has 0 aliphatic carbocycles. The van der Waals surface area contributed by atoms with Crippen LogP contribution in [0.2, 0.25) is 0 Å². The van der Waals surface area contributed by atoms with Crippen LogP contribution in [0.25, 0.3) is 0 Å². The Morgan fingerprint density at radius 2 is 0.893 bits per heavy atom. The van der Waals surface area contributed by atoms with E-state index in [1.165, 1.54) is 78.9 Å². The van der Waals surface area contributed by atoms with Crippen LogP contribution in [-0.4, -0.2) is 42.2 Å². The lowest BCUT2D eigenvalue weighted by Gasteiger charge is -2.13. The van der Waals surface area contributed by atoms with Gasteiger partial charge in [0.25, 0.3) is 10.1 Å². The molecule has 0 saturated carbocycles. The van der Waals surface area contributed by atoms with Gasteiger partial charge in [0.05, 0.1) is 38.7 Å². The fourth-order valence-electron chi connectivity index (χ4n) is 5.10. The van der Waals surface area contributed by atoms with E-state index in [0.717, 1.165) is 18.2 Å². The van der Waals surface area contributed by atoms with Crippen LogP contribution in [0.4, 0.5) is 0 Å². The van der Waals surface area contributed by atoms with Crippen molar-refractivity contribution in [3.8, 4) is 40.2 Å². The molecule has 0 unspecified atom stereocenters. The number of sulfone groups is 2. The van der Waals surface area contributed by atoms with Crippen molar-refractivity contribution in [1.82, 2.24) is 0 Å². The zero-order valence-corrected chi connectivity index (χ0v) is 32.4. The predicted octanol–water partition coefficient (Wildman–Crippen LogP) is 8.72. The highest BCUT2D eigenvalue weighted by molar-refractivity contribution is 7.94. The van der Waals surface area contributed by atoms with E-state index in [1.807, 2.05) is 0 Å². The molecule has 0 radical (unpaired) electrons. The third kappa shape index (κ3) is 9.32. The van der Waals surface area contributed by atoms with E-state index in [1.54, 1.807) is 50.4 Å². The van der Waals surface area contributed by atoms with Crippen LogP contribution in [0.15, 0.2) is 163 Å². The van der Waals surface area contributed by atoms with Crippen molar-refractivity contribution < 1.29 is 63.4 Å². The van der Waals surface area contributed by atoms with E-state index in [0.29, 0.717) is 51.2 Å². The maximum Gasteiger partial charge on any atom is 0.298 e. The van der Waals surface area contributed by atoms with Crippen LogP contribution in [-0.2, 0) is 39.2 Å². The average Bonchev–Trinajstić information content (AvgIpc) is 3.18. The summed E-state index contributed by atoms with van der Waals surface area (Å²) in [6.45, 7) is 1.66. The summed E-state index contributed by atoms with van der Waals surface area (Å²) in [6.07, 6.45) is 0. The lowest BCUT2D eigenvalue weighted by Crippen LogP contribution is -2.07. The van der Waals surface area contributed by atoms with Gasteiger partial charge in [-0.2, -0.15) is 8.42 Å². The van der Waals surface area contributed by atoms with Gasteiger partial charge in [0.1, 0.15) is 45.1 Å². The summed E-state index contributed by atoms with van der Waals surface area (Å²) < 4.78 is 115. The third-order valence-electron chi connectivity index (χ3n) is 7.98. The highest BCUT2D eigenvalue weighted by Crippen LogP contribution is 2.36. The standard InChI is InChI=1S/C38H30O14S4/c1-25-3-16-34(23-37(25)53-52-51-39)55(42,43)35-21-22-36(38(24-35)56(44,45)46)50-31-10-8-28(9-11-31)49-30-14-19-33(20-15-30)54(40,41)32-17-12-29(13-18-32)48-27-6-4-26(47-2)5-7-27/h3-24,39H,1-2H3,(H,44,45,46). The summed E-state index contributed by atoms with van der Waals surface area (Å²) in [4.78, 5) is -1.08. The van der Waals surface area contributed by atoms with Crippen LogP contribution < -0.4 is 18.9 Å². The van der Waals surface area contributed by atoms with Crippen LogP contribution in [0.3, 0.4) is 0 Å². The summed E-state index contributed by atoms with van der Waals surface area (Å²) in [7, 11) is -11.6. The number of ether oxygens (including phenoxy) is 4. The number of hydrogen-bond donors (Lipinski definition) is 2.